The number of aliphatic imine (C=N–C) groups is 1. The van der Waals surface area contributed by atoms with Crippen LogP contribution in [0.1, 0.15) is 107 Å². The van der Waals surface area contributed by atoms with E-state index in [1.807, 2.05) is 33.1 Å². The lowest BCUT2D eigenvalue weighted by molar-refractivity contribution is 0.0894. The molecule has 1 aliphatic carbocycles. The van der Waals surface area contributed by atoms with Gasteiger partial charge in [0.25, 0.3) is 0 Å². The Bertz CT molecular complexity index is 1440. The van der Waals surface area contributed by atoms with E-state index in [1.54, 1.807) is 6.20 Å². The molecule has 5 rings (SSSR count). The van der Waals surface area contributed by atoms with Crippen LogP contribution in [0.2, 0.25) is 0 Å². The number of allylic oxidation sites excluding steroid dienone is 1. The molecule has 3 aromatic rings. The predicted molar refractivity (Wildman–Crippen MR) is 161 cm³/mol. The van der Waals surface area contributed by atoms with Gasteiger partial charge in [-0.2, -0.15) is 0 Å². The van der Waals surface area contributed by atoms with Crippen molar-refractivity contribution in [2.24, 2.45) is 10.9 Å². The van der Waals surface area contributed by atoms with Gasteiger partial charge in [-0.1, -0.05) is 72.1 Å². The van der Waals surface area contributed by atoms with E-state index in [1.165, 1.54) is 5.56 Å². The van der Waals surface area contributed by atoms with Crippen molar-refractivity contribution < 1.29 is 9.21 Å². The highest BCUT2D eigenvalue weighted by molar-refractivity contribution is 5.89. The highest BCUT2D eigenvalue weighted by Crippen LogP contribution is 2.34. The Balaban J connectivity index is 1.39. The number of nitrogens with zero attached hydrogens (tertiary/aromatic N) is 5. The molecule has 0 saturated heterocycles. The summed E-state index contributed by atoms with van der Waals surface area (Å²) >= 11 is 0. The van der Waals surface area contributed by atoms with Crippen LogP contribution >= 0.6 is 0 Å². The molecule has 2 aromatic heterocycles. The fourth-order valence-corrected chi connectivity index (χ4v) is 5.42. The summed E-state index contributed by atoms with van der Waals surface area (Å²) < 4.78 is 5.72. The van der Waals surface area contributed by atoms with Gasteiger partial charge in [0, 0.05) is 23.4 Å². The van der Waals surface area contributed by atoms with Crippen LogP contribution in [0.25, 0.3) is 11.3 Å². The Kier molecular flexibility index (Phi) is 8.61. The molecule has 2 N–H and O–H groups in total. The van der Waals surface area contributed by atoms with Crippen molar-refractivity contribution in [3.05, 3.63) is 65.1 Å². The summed E-state index contributed by atoms with van der Waals surface area (Å²) in [5, 5.41) is 14.6. The van der Waals surface area contributed by atoms with Crippen LogP contribution in [0.5, 0.6) is 0 Å². The van der Waals surface area contributed by atoms with Crippen LogP contribution in [0.4, 0.5) is 5.95 Å². The third-order valence-corrected chi connectivity index (χ3v) is 7.99. The van der Waals surface area contributed by atoms with Crippen LogP contribution in [0, 0.1) is 5.92 Å². The summed E-state index contributed by atoms with van der Waals surface area (Å²) in [6.45, 7) is 10.3. The third-order valence-electron chi connectivity index (χ3n) is 7.99. The first-order chi connectivity index (χ1) is 19.7. The first kappa shape index (κ1) is 28.6. The molecule has 216 valence electrons. The van der Waals surface area contributed by atoms with E-state index in [4.69, 9.17) is 9.40 Å². The maximum Gasteiger partial charge on any atom is 0.309 e. The zero-order chi connectivity index (χ0) is 29.0. The topological polar surface area (TPSA) is 118 Å². The summed E-state index contributed by atoms with van der Waals surface area (Å²) in [4.78, 5) is 27.0. The zero-order valence-electron chi connectivity index (χ0n) is 24.8. The maximum absolute atomic E-state index is 13.2. The second kappa shape index (κ2) is 12.3. The quantitative estimate of drug-likeness (QED) is 0.337. The minimum atomic E-state index is -0.335. The van der Waals surface area contributed by atoms with E-state index in [-0.39, 0.29) is 23.3 Å². The van der Waals surface area contributed by atoms with Gasteiger partial charge in [-0.25, -0.2) is 9.97 Å². The average Bonchev–Trinajstić information content (AvgIpc) is 3.47. The molecule has 1 amide bonds. The van der Waals surface area contributed by atoms with E-state index in [9.17, 15) is 4.79 Å². The number of rotatable bonds is 7. The number of dihydropyridines is 1. The predicted octanol–water partition coefficient (Wildman–Crippen LogP) is 6.60. The lowest BCUT2D eigenvalue weighted by atomic mass is 9.82. The first-order valence-electron chi connectivity index (χ1n) is 14.8. The fraction of sp³-hybridized carbons (Fsp3) is 0.500. The number of aromatic nitrogens is 4. The molecule has 1 aliphatic heterocycles. The molecule has 0 spiro atoms. The van der Waals surface area contributed by atoms with E-state index >= 15 is 0 Å². The number of anilines is 1. The molecule has 0 fully saturated rings. The van der Waals surface area contributed by atoms with Crippen molar-refractivity contribution in [3.63, 3.8) is 0 Å². The summed E-state index contributed by atoms with van der Waals surface area (Å²) in [6.07, 6.45) is 12.9. The van der Waals surface area contributed by atoms with E-state index in [0.29, 0.717) is 23.8 Å². The molecular formula is C32H41N7O2. The second-order valence-corrected chi connectivity index (χ2v) is 12.1. The number of carbonyl (C=O) groups excluding carboxylic acids is 1. The third kappa shape index (κ3) is 6.89. The van der Waals surface area contributed by atoms with Crippen molar-refractivity contribution in [2.45, 2.75) is 97.1 Å². The van der Waals surface area contributed by atoms with Gasteiger partial charge in [0.05, 0.1) is 23.5 Å². The SMILES string of the molecule is CCC1CCC[C@@H](NC(=O)c2nnc(C(C)(C)C)o2)c2ccc(-c3ccnc(NC4=CCC(CC)N=C4)n3)cc2C1. The molecule has 0 bridgehead atoms. The summed E-state index contributed by atoms with van der Waals surface area (Å²) in [7, 11) is 0. The summed E-state index contributed by atoms with van der Waals surface area (Å²) in [6, 6.07) is 8.60. The molecule has 1 aromatic carbocycles. The highest BCUT2D eigenvalue weighted by atomic mass is 16.4. The van der Waals surface area contributed by atoms with Gasteiger partial charge >= 0.3 is 11.8 Å². The maximum atomic E-state index is 13.2. The van der Waals surface area contributed by atoms with Gasteiger partial charge in [-0.3, -0.25) is 9.79 Å². The van der Waals surface area contributed by atoms with Crippen LogP contribution in [-0.4, -0.2) is 38.3 Å². The van der Waals surface area contributed by atoms with Crippen LogP contribution in [-0.2, 0) is 11.8 Å². The van der Waals surface area contributed by atoms with Crippen molar-refractivity contribution in [1.82, 2.24) is 25.5 Å². The number of fused-ring (bicyclic) bond motifs is 1. The van der Waals surface area contributed by atoms with Crippen molar-refractivity contribution in [2.75, 3.05) is 5.32 Å². The largest absolute Gasteiger partial charge is 0.416 e. The number of carbonyl (C=O) groups is 1. The monoisotopic (exact) mass is 555 g/mol. The second-order valence-electron chi connectivity index (χ2n) is 12.1. The lowest BCUT2D eigenvalue weighted by Crippen LogP contribution is -2.30. The van der Waals surface area contributed by atoms with Gasteiger partial charge in [0.1, 0.15) is 0 Å². The molecule has 9 nitrogen and oxygen atoms in total. The highest BCUT2D eigenvalue weighted by Gasteiger charge is 2.28. The number of hydrogen-bond donors (Lipinski definition) is 2. The Hall–Kier alpha value is -3.88. The fourth-order valence-electron chi connectivity index (χ4n) is 5.42. The Labute approximate surface area is 242 Å². The number of nitrogens with one attached hydrogen (secondary N) is 2. The molecule has 0 radical (unpaired) electrons. The van der Waals surface area contributed by atoms with Gasteiger partial charge in [-0.15, -0.1) is 10.2 Å². The Morgan fingerprint density at radius 3 is 2.66 bits per heavy atom. The van der Waals surface area contributed by atoms with Crippen molar-refractivity contribution in [3.8, 4) is 11.3 Å². The van der Waals surface area contributed by atoms with E-state index in [2.05, 4.69) is 68.9 Å². The normalized spacial score (nSPS) is 20.9. The minimum absolute atomic E-state index is 0.00550. The van der Waals surface area contributed by atoms with Gasteiger partial charge in [0.15, 0.2) is 0 Å². The summed E-state index contributed by atoms with van der Waals surface area (Å²) in [5.74, 6) is 1.27. The standard InChI is InChI=1S/C32H41N7O2/c1-6-20-9-8-10-27(36-28(40)29-38-39-30(41-29)32(3,4)5)25-14-11-21(18-22(25)17-20)26-15-16-33-31(37-26)35-24-13-12-23(7-2)34-19-24/h11,13-16,18-20,23,27H,6-10,12,17H2,1-5H3,(H,36,40)(H,33,35,37)/t20?,23?,27-/m1/s1. The molecule has 2 aliphatic rings. The van der Waals surface area contributed by atoms with Crippen LogP contribution in [0.3, 0.4) is 0 Å². The minimum Gasteiger partial charge on any atom is -0.416 e. The lowest BCUT2D eigenvalue weighted by Gasteiger charge is -2.28. The van der Waals surface area contributed by atoms with E-state index in [0.717, 1.165) is 67.5 Å². The average molecular weight is 556 g/mol. The van der Waals surface area contributed by atoms with Crippen LogP contribution < -0.4 is 10.6 Å². The number of hydrogen-bond acceptors (Lipinski definition) is 8. The Morgan fingerprint density at radius 2 is 1.95 bits per heavy atom. The number of benzene rings is 1. The molecule has 9 heteroatoms. The molecule has 3 heterocycles. The van der Waals surface area contributed by atoms with E-state index < -0.39 is 0 Å². The smallest absolute Gasteiger partial charge is 0.309 e. The zero-order valence-corrected chi connectivity index (χ0v) is 24.8. The Morgan fingerprint density at radius 1 is 1.10 bits per heavy atom. The first-order valence-corrected chi connectivity index (χ1v) is 14.8. The molecule has 41 heavy (non-hydrogen) atoms. The van der Waals surface area contributed by atoms with Gasteiger partial charge in [-0.05, 0) is 54.9 Å². The van der Waals surface area contributed by atoms with Crippen molar-refractivity contribution >= 4 is 18.1 Å². The van der Waals surface area contributed by atoms with Gasteiger partial charge in [0.2, 0.25) is 11.8 Å². The molecular weight excluding hydrogens is 514 g/mol. The molecule has 2 unspecified atom stereocenters. The van der Waals surface area contributed by atoms with Crippen LogP contribution in [0.15, 0.2) is 51.6 Å². The molecule has 0 saturated carbocycles. The van der Waals surface area contributed by atoms with Crippen molar-refractivity contribution in [1.29, 1.82) is 0 Å². The number of amides is 1. The molecule has 3 atom stereocenters. The summed E-state index contributed by atoms with van der Waals surface area (Å²) in [5.41, 5.74) is 4.85. The van der Waals surface area contributed by atoms with Gasteiger partial charge < -0.3 is 15.1 Å².